The van der Waals surface area contributed by atoms with Gasteiger partial charge in [0, 0.05) is 10.8 Å². The monoisotopic (exact) mass is 226 g/mol. The van der Waals surface area contributed by atoms with Crippen LogP contribution in [0.5, 0.6) is 0 Å². The van der Waals surface area contributed by atoms with E-state index in [1.165, 1.54) is 0 Å². The first kappa shape index (κ1) is 15.3. The summed E-state index contributed by atoms with van der Waals surface area (Å²) in [6.45, 7) is 13.3. The smallest absolute Gasteiger partial charge is 0.148 e. The summed E-state index contributed by atoms with van der Waals surface area (Å²) in [4.78, 5) is 24.4. The molecule has 0 atom stereocenters. The molecule has 0 fully saturated rings. The Balaban J connectivity index is 5.03. The second-order valence-corrected chi connectivity index (χ2v) is 6.57. The van der Waals surface area contributed by atoms with Crippen LogP contribution in [0.2, 0.25) is 0 Å². The van der Waals surface area contributed by atoms with Crippen LogP contribution in [0.15, 0.2) is 0 Å². The van der Waals surface area contributed by atoms with Gasteiger partial charge in [-0.3, -0.25) is 9.59 Å². The minimum Gasteiger partial charge on any atom is -0.298 e. The first-order chi connectivity index (χ1) is 7.01. The molecule has 0 amide bonds. The molecular formula is C14H26O2. The Morgan fingerprint density at radius 3 is 1.38 bits per heavy atom. The van der Waals surface area contributed by atoms with Crippen LogP contribution in [-0.4, -0.2) is 11.6 Å². The zero-order valence-corrected chi connectivity index (χ0v) is 11.8. The molecule has 0 aliphatic carbocycles. The van der Waals surface area contributed by atoms with Crippen molar-refractivity contribution in [2.24, 2.45) is 16.7 Å². The molecule has 0 aromatic rings. The van der Waals surface area contributed by atoms with E-state index < -0.39 is 16.7 Å². The molecule has 0 aromatic heterocycles. The Labute approximate surface area is 99.8 Å². The third-order valence-corrected chi connectivity index (χ3v) is 2.69. The van der Waals surface area contributed by atoms with E-state index in [9.17, 15) is 9.59 Å². The van der Waals surface area contributed by atoms with Crippen LogP contribution in [-0.2, 0) is 9.59 Å². The summed E-state index contributed by atoms with van der Waals surface area (Å²) in [5.74, 6) is -0.270. The zero-order valence-electron chi connectivity index (χ0n) is 11.8. The van der Waals surface area contributed by atoms with E-state index >= 15 is 0 Å². The Morgan fingerprint density at radius 2 is 1.19 bits per heavy atom. The standard InChI is InChI=1S/C14H26O2/c1-8-9-10(11(15)13(2,3)4)12(16)14(5,6)7/h10H,8-9H2,1-7H3. The van der Waals surface area contributed by atoms with Crippen LogP contribution in [0.1, 0.15) is 61.3 Å². The Bertz CT molecular complexity index is 237. The van der Waals surface area contributed by atoms with Crippen LogP contribution < -0.4 is 0 Å². The highest BCUT2D eigenvalue weighted by molar-refractivity contribution is 6.06. The molecule has 0 radical (unpaired) electrons. The van der Waals surface area contributed by atoms with Crippen molar-refractivity contribution in [1.29, 1.82) is 0 Å². The van der Waals surface area contributed by atoms with Crippen molar-refractivity contribution in [2.45, 2.75) is 61.3 Å². The van der Waals surface area contributed by atoms with E-state index in [1.54, 1.807) is 0 Å². The number of hydrogen-bond donors (Lipinski definition) is 0. The predicted molar refractivity (Wildman–Crippen MR) is 67.3 cm³/mol. The summed E-state index contributed by atoms with van der Waals surface area (Å²) in [7, 11) is 0. The van der Waals surface area contributed by atoms with Gasteiger partial charge in [0.2, 0.25) is 0 Å². The first-order valence-corrected chi connectivity index (χ1v) is 6.10. The van der Waals surface area contributed by atoms with Gasteiger partial charge in [-0.05, 0) is 6.42 Å². The summed E-state index contributed by atoms with van der Waals surface area (Å²) >= 11 is 0. The normalized spacial score (nSPS) is 13.0. The van der Waals surface area contributed by atoms with Crippen LogP contribution >= 0.6 is 0 Å². The lowest BCUT2D eigenvalue weighted by Crippen LogP contribution is -2.38. The number of hydrogen-bond acceptors (Lipinski definition) is 2. The van der Waals surface area contributed by atoms with E-state index in [4.69, 9.17) is 0 Å². The van der Waals surface area contributed by atoms with Gasteiger partial charge in [-0.15, -0.1) is 0 Å². The summed E-state index contributed by atoms with van der Waals surface area (Å²) < 4.78 is 0. The summed E-state index contributed by atoms with van der Waals surface area (Å²) in [6, 6.07) is 0. The van der Waals surface area contributed by atoms with Crippen molar-refractivity contribution in [2.75, 3.05) is 0 Å². The predicted octanol–water partition coefficient (Wildman–Crippen LogP) is 3.63. The van der Waals surface area contributed by atoms with Crippen molar-refractivity contribution < 1.29 is 9.59 Å². The fourth-order valence-electron chi connectivity index (χ4n) is 1.72. The SMILES string of the molecule is CCCC(C(=O)C(C)(C)C)C(=O)C(C)(C)C. The second kappa shape index (κ2) is 5.11. The van der Waals surface area contributed by atoms with E-state index in [1.807, 2.05) is 48.5 Å². The van der Waals surface area contributed by atoms with Gasteiger partial charge in [-0.25, -0.2) is 0 Å². The van der Waals surface area contributed by atoms with E-state index in [0.717, 1.165) is 6.42 Å². The molecule has 2 heteroatoms. The summed E-state index contributed by atoms with van der Waals surface area (Å²) in [6.07, 6.45) is 1.54. The van der Waals surface area contributed by atoms with Crippen molar-refractivity contribution in [3.05, 3.63) is 0 Å². The van der Waals surface area contributed by atoms with Gasteiger partial charge in [0.15, 0.2) is 0 Å². The van der Waals surface area contributed by atoms with Crippen molar-refractivity contribution in [3.63, 3.8) is 0 Å². The molecule has 0 bridgehead atoms. The molecule has 2 nitrogen and oxygen atoms in total. The van der Waals surface area contributed by atoms with Crippen LogP contribution in [0.25, 0.3) is 0 Å². The van der Waals surface area contributed by atoms with E-state index in [-0.39, 0.29) is 11.6 Å². The summed E-state index contributed by atoms with van der Waals surface area (Å²) in [5.41, 5.74) is -0.860. The van der Waals surface area contributed by atoms with E-state index in [0.29, 0.717) is 6.42 Å². The van der Waals surface area contributed by atoms with Crippen LogP contribution in [0.4, 0.5) is 0 Å². The number of rotatable bonds is 4. The first-order valence-electron chi connectivity index (χ1n) is 6.10. The zero-order chi connectivity index (χ0) is 13.1. The maximum atomic E-state index is 12.2. The van der Waals surface area contributed by atoms with Gasteiger partial charge >= 0.3 is 0 Å². The topological polar surface area (TPSA) is 34.1 Å². The van der Waals surface area contributed by atoms with Gasteiger partial charge in [0.05, 0.1) is 5.92 Å². The van der Waals surface area contributed by atoms with Gasteiger partial charge in [-0.2, -0.15) is 0 Å². The molecule has 0 spiro atoms. The number of carbonyl (C=O) groups is 2. The average Bonchev–Trinajstić information content (AvgIpc) is 2.09. The minimum atomic E-state index is -0.430. The molecule has 0 aromatic carbocycles. The number of ketones is 2. The minimum absolute atomic E-state index is 0.0780. The van der Waals surface area contributed by atoms with Gasteiger partial charge in [0.1, 0.15) is 11.6 Å². The lowest BCUT2D eigenvalue weighted by atomic mass is 9.73. The lowest BCUT2D eigenvalue weighted by molar-refractivity contribution is -0.141. The third kappa shape index (κ3) is 4.07. The molecule has 0 N–H and O–H groups in total. The highest BCUT2D eigenvalue weighted by atomic mass is 16.2. The van der Waals surface area contributed by atoms with Gasteiger partial charge in [0.25, 0.3) is 0 Å². The molecule has 0 saturated heterocycles. The second-order valence-electron chi connectivity index (χ2n) is 6.57. The number of carbonyl (C=O) groups excluding carboxylic acids is 2. The molecule has 16 heavy (non-hydrogen) atoms. The maximum Gasteiger partial charge on any atom is 0.148 e. The van der Waals surface area contributed by atoms with Crippen molar-refractivity contribution in [1.82, 2.24) is 0 Å². The quantitative estimate of drug-likeness (QED) is 0.686. The third-order valence-electron chi connectivity index (χ3n) is 2.69. The van der Waals surface area contributed by atoms with Crippen molar-refractivity contribution in [3.8, 4) is 0 Å². The highest BCUT2D eigenvalue weighted by Crippen LogP contribution is 2.29. The Kier molecular flexibility index (Phi) is 4.90. The Morgan fingerprint density at radius 1 is 0.875 bits per heavy atom. The molecule has 0 aliphatic heterocycles. The van der Waals surface area contributed by atoms with Crippen molar-refractivity contribution >= 4 is 11.6 Å². The Hall–Kier alpha value is -0.660. The van der Waals surface area contributed by atoms with E-state index in [2.05, 4.69) is 0 Å². The molecule has 0 unspecified atom stereocenters. The molecule has 0 heterocycles. The van der Waals surface area contributed by atoms with Gasteiger partial charge < -0.3 is 0 Å². The highest BCUT2D eigenvalue weighted by Gasteiger charge is 2.38. The largest absolute Gasteiger partial charge is 0.298 e. The fourth-order valence-corrected chi connectivity index (χ4v) is 1.72. The number of Topliss-reactive ketones (excluding diaryl/α,β-unsaturated/α-hetero) is 2. The molecule has 0 rings (SSSR count). The van der Waals surface area contributed by atoms with Crippen LogP contribution in [0, 0.1) is 16.7 Å². The maximum absolute atomic E-state index is 12.2. The molecule has 94 valence electrons. The molecular weight excluding hydrogens is 200 g/mol. The lowest BCUT2D eigenvalue weighted by Gasteiger charge is -2.28. The average molecular weight is 226 g/mol. The van der Waals surface area contributed by atoms with Gasteiger partial charge in [-0.1, -0.05) is 54.9 Å². The molecule has 0 saturated carbocycles. The molecule has 0 aliphatic rings. The summed E-state index contributed by atoms with van der Waals surface area (Å²) in [5, 5.41) is 0. The fraction of sp³-hybridized carbons (Fsp3) is 0.857. The van der Waals surface area contributed by atoms with Crippen LogP contribution in [0.3, 0.4) is 0 Å².